The van der Waals surface area contributed by atoms with Crippen LogP contribution in [0.2, 0.25) is 0 Å². The molecule has 1 fully saturated rings. The monoisotopic (exact) mass is 323 g/mol. The molecule has 2 N–H and O–H groups in total. The zero-order chi connectivity index (χ0) is 15.4. The number of hydrogen-bond donors (Lipinski definition) is 2. The molecule has 2 aliphatic heterocycles. The molecule has 1 aromatic carbocycles. The maximum atomic E-state index is 12.4. The lowest BCUT2D eigenvalue weighted by Crippen LogP contribution is -2.29. The normalized spacial score (nSPS) is 19.3. The summed E-state index contributed by atoms with van der Waals surface area (Å²) in [7, 11) is -3.39. The summed E-state index contributed by atoms with van der Waals surface area (Å²) < 4.78 is 27.5. The Balaban J connectivity index is 1.55. The van der Waals surface area contributed by atoms with E-state index in [4.69, 9.17) is 0 Å². The van der Waals surface area contributed by atoms with Crippen LogP contribution >= 0.6 is 0 Å². The first-order chi connectivity index (χ1) is 10.6. The van der Waals surface area contributed by atoms with Crippen molar-refractivity contribution in [1.82, 2.24) is 14.9 Å². The molecule has 2 heterocycles. The Morgan fingerprint density at radius 2 is 2.00 bits per heavy atom. The Kier molecular flexibility index (Phi) is 5.13. The summed E-state index contributed by atoms with van der Waals surface area (Å²) in [5.41, 5.74) is 2.36. The van der Waals surface area contributed by atoms with Crippen LogP contribution in [0.5, 0.6) is 0 Å². The van der Waals surface area contributed by atoms with Gasteiger partial charge in [-0.3, -0.25) is 0 Å². The van der Waals surface area contributed by atoms with Gasteiger partial charge in [-0.25, -0.2) is 13.1 Å². The Bertz CT molecular complexity index is 610. The third kappa shape index (κ3) is 3.87. The van der Waals surface area contributed by atoms with Crippen LogP contribution in [0.1, 0.15) is 30.4 Å². The van der Waals surface area contributed by atoms with E-state index in [1.54, 1.807) is 6.07 Å². The molecule has 0 atom stereocenters. The highest BCUT2D eigenvalue weighted by molar-refractivity contribution is 7.89. The second kappa shape index (κ2) is 7.08. The van der Waals surface area contributed by atoms with E-state index in [2.05, 4.69) is 14.9 Å². The molecule has 2 aliphatic rings. The molecule has 0 saturated carbocycles. The number of benzene rings is 1. The van der Waals surface area contributed by atoms with Crippen LogP contribution in [0, 0.1) is 0 Å². The van der Waals surface area contributed by atoms with E-state index >= 15 is 0 Å². The van der Waals surface area contributed by atoms with Crippen LogP contribution in [0.25, 0.3) is 0 Å². The molecule has 3 rings (SSSR count). The summed E-state index contributed by atoms with van der Waals surface area (Å²) in [4.78, 5) is 2.79. The fraction of sp³-hybridized carbons (Fsp3) is 0.625. The number of likely N-dealkylation sites (tertiary alicyclic amines) is 1. The summed E-state index contributed by atoms with van der Waals surface area (Å²) >= 11 is 0. The number of nitrogens with zero attached hydrogens (tertiary/aromatic N) is 1. The Hall–Kier alpha value is -0.950. The van der Waals surface area contributed by atoms with Crippen LogP contribution in [0.4, 0.5) is 0 Å². The fourth-order valence-corrected chi connectivity index (χ4v) is 4.35. The molecule has 0 spiro atoms. The maximum absolute atomic E-state index is 12.4. The molecule has 5 nitrogen and oxygen atoms in total. The van der Waals surface area contributed by atoms with Gasteiger partial charge in [-0.2, -0.15) is 0 Å². The van der Waals surface area contributed by atoms with Crippen LogP contribution in [0.3, 0.4) is 0 Å². The van der Waals surface area contributed by atoms with Crippen molar-refractivity contribution < 1.29 is 8.42 Å². The van der Waals surface area contributed by atoms with Gasteiger partial charge < -0.3 is 10.2 Å². The summed E-state index contributed by atoms with van der Waals surface area (Å²) in [6.07, 6.45) is 4.38. The highest BCUT2D eigenvalue weighted by Crippen LogP contribution is 2.19. The summed E-state index contributed by atoms with van der Waals surface area (Å²) in [6.45, 7) is 5.53. The van der Waals surface area contributed by atoms with Gasteiger partial charge in [0, 0.05) is 13.1 Å². The molecule has 0 radical (unpaired) electrons. The van der Waals surface area contributed by atoms with Gasteiger partial charge in [0.05, 0.1) is 4.90 Å². The zero-order valence-electron chi connectivity index (χ0n) is 13.0. The third-order valence-corrected chi connectivity index (χ3v) is 5.98. The molecule has 1 aromatic rings. The smallest absolute Gasteiger partial charge is 0.240 e. The van der Waals surface area contributed by atoms with Gasteiger partial charge in [0.15, 0.2) is 0 Å². The summed E-state index contributed by atoms with van der Waals surface area (Å²) in [5, 5.41) is 3.28. The van der Waals surface area contributed by atoms with Crippen molar-refractivity contribution in [2.75, 3.05) is 32.7 Å². The Morgan fingerprint density at radius 3 is 2.82 bits per heavy atom. The quantitative estimate of drug-likeness (QED) is 0.770. The van der Waals surface area contributed by atoms with Gasteiger partial charge in [0.2, 0.25) is 10.0 Å². The van der Waals surface area contributed by atoms with E-state index in [0.29, 0.717) is 11.4 Å². The number of hydrogen-bond acceptors (Lipinski definition) is 4. The highest BCUT2D eigenvalue weighted by Gasteiger charge is 2.17. The van der Waals surface area contributed by atoms with Crippen molar-refractivity contribution in [3.8, 4) is 0 Å². The second-order valence-corrected chi connectivity index (χ2v) is 7.92. The van der Waals surface area contributed by atoms with E-state index in [-0.39, 0.29) is 0 Å². The average Bonchev–Trinajstić information content (AvgIpc) is 3.04. The average molecular weight is 323 g/mol. The number of rotatable bonds is 6. The molecule has 22 heavy (non-hydrogen) atoms. The minimum absolute atomic E-state index is 0.385. The van der Waals surface area contributed by atoms with Crippen molar-refractivity contribution in [3.63, 3.8) is 0 Å². The van der Waals surface area contributed by atoms with Gasteiger partial charge in [-0.1, -0.05) is 6.07 Å². The molecule has 0 unspecified atom stereocenters. The van der Waals surface area contributed by atoms with Gasteiger partial charge in [-0.05, 0) is 75.1 Å². The van der Waals surface area contributed by atoms with Gasteiger partial charge in [0.25, 0.3) is 0 Å². The van der Waals surface area contributed by atoms with E-state index < -0.39 is 10.0 Å². The third-order valence-electron chi connectivity index (χ3n) is 4.52. The summed E-state index contributed by atoms with van der Waals surface area (Å²) in [5.74, 6) is 0. The van der Waals surface area contributed by atoms with Gasteiger partial charge in [0.1, 0.15) is 0 Å². The fourth-order valence-electron chi connectivity index (χ4n) is 3.22. The SMILES string of the molecule is O=S(=O)(NCCCN1CCCC1)c1ccc2c(c1)CNCC2. The van der Waals surface area contributed by atoms with Crippen LogP contribution in [0.15, 0.2) is 23.1 Å². The number of nitrogens with one attached hydrogen (secondary N) is 2. The Morgan fingerprint density at radius 1 is 1.18 bits per heavy atom. The van der Waals surface area contributed by atoms with Crippen LogP contribution in [-0.2, 0) is 23.0 Å². The predicted molar refractivity (Wildman–Crippen MR) is 87.3 cm³/mol. The van der Waals surface area contributed by atoms with E-state index in [1.165, 1.54) is 18.4 Å². The second-order valence-electron chi connectivity index (χ2n) is 6.16. The largest absolute Gasteiger partial charge is 0.312 e. The molecule has 122 valence electrons. The van der Waals surface area contributed by atoms with Crippen LogP contribution in [-0.4, -0.2) is 46.0 Å². The van der Waals surface area contributed by atoms with Crippen molar-refractivity contribution in [2.24, 2.45) is 0 Å². The zero-order valence-corrected chi connectivity index (χ0v) is 13.8. The molecular formula is C16H25N3O2S. The number of fused-ring (bicyclic) bond motifs is 1. The Labute approximate surface area is 133 Å². The van der Waals surface area contributed by atoms with Crippen molar-refractivity contribution in [3.05, 3.63) is 29.3 Å². The van der Waals surface area contributed by atoms with E-state index in [9.17, 15) is 8.42 Å². The first kappa shape index (κ1) is 15.9. The summed E-state index contributed by atoms with van der Waals surface area (Å²) in [6, 6.07) is 5.49. The topological polar surface area (TPSA) is 61.4 Å². The molecular weight excluding hydrogens is 298 g/mol. The molecule has 0 aliphatic carbocycles. The van der Waals surface area contributed by atoms with Crippen molar-refractivity contribution >= 4 is 10.0 Å². The molecule has 0 amide bonds. The van der Waals surface area contributed by atoms with Crippen molar-refractivity contribution in [2.45, 2.75) is 37.1 Å². The first-order valence-electron chi connectivity index (χ1n) is 8.20. The predicted octanol–water partition coefficient (Wildman–Crippen LogP) is 1.10. The molecule has 0 bridgehead atoms. The minimum atomic E-state index is -3.39. The van der Waals surface area contributed by atoms with Crippen LogP contribution < -0.4 is 10.0 Å². The highest BCUT2D eigenvalue weighted by atomic mass is 32.2. The molecule has 1 saturated heterocycles. The molecule has 0 aromatic heterocycles. The van der Waals surface area contributed by atoms with E-state index in [0.717, 1.165) is 51.1 Å². The lowest BCUT2D eigenvalue weighted by atomic mass is 10.0. The first-order valence-corrected chi connectivity index (χ1v) is 9.68. The van der Waals surface area contributed by atoms with E-state index in [1.807, 2.05) is 12.1 Å². The lowest BCUT2D eigenvalue weighted by Gasteiger charge is -2.18. The molecule has 6 heteroatoms. The number of sulfonamides is 1. The van der Waals surface area contributed by atoms with Gasteiger partial charge in [-0.15, -0.1) is 0 Å². The standard InChI is InChI=1S/C16H25N3O2S/c20-22(21,18-7-3-11-19-9-1-2-10-19)16-5-4-14-6-8-17-13-15(14)12-16/h4-5,12,17-18H,1-3,6-11,13H2. The minimum Gasteiger partial charge on any atom is -0.312 e. The van der Waals surface area contributed by atoms with Gasteiger partial charge >= 0.3 is 0 Å². The van der Waals surface area contributed by atoms with Crippen molar-refractivity contribution in [1.29, 1.82) is 0 Å². The maximum Gasteiger partial charge on any atom is 0.240 e. The lowest BCUT2D eigenvalue weighted by molar-refractivity contribution is 0.334.